The van der Waals surface area contributed by atoms with Gasteiger partial charge in [-0.25, -0.2) is 4.98 Å². The maximum Gasteiger partial charge on any atom is 0.221 e. The lowest BCUT2D eigenvalue weighted by Crippen LogP contribution is -1.96. The molecule has 0 aliphatic heterocycles. The summed E-state index contributed by atoms with van der Waals surface area (Å²) in [5, 5.41) is -0.214. The van der Waals surface area contributed by atoms with Crippen molar-refractivity contribution in [2.75, 3.05) is 0 Å². The number of aldehydes is 1. The summed E-state index contributed by atoms with van der Waals surface area (Å²) in [6, 6.07) is 2.62. The number of benzene rings is 1. The van der Waals surface area contributed by atoms with Gasteiger partial charge in [0.25, 0.3) is 0 Å². The van der Waals surface area contributed by atoms with Gasteiger partial charge in [-0.1, -0.05) is 58.0 Å². The van der Waals surface area contributed by atoms with E-state index in [1.807, 2.05) is 0 Å². The third-order valence-corrected chi connectivity index (χ3v) is 4.75. The first-order valence-corrected chi connectivity index (χ1v) is 6.91. The van der Waals surface area contributed by atoms with Crippen molar-refractivity contribution in [2.45, 2.75) is 0 Å². The molecule has 0 radical (unpaired) electrons. The number of carbonyl (C=O) groups is 1. The summed E-state index contributed by atoms with van der Waals surface area (Å²) in [4.78, 5) is 14.0. The SMILES string of the molecule is O=Cc1ccc(-c2c(Cl)c(Cl)c(Cl)c(Cl)c2Cl)c(F)n1. The Morgan fingerprint density at radius 1 is 0.900 bits per heavy atom. The molecule has 2 nitrogen and oxygen atoms in total. The fourth-order valence-corrected chi connectivity index (χ4v) is 2.88. The van der Waals surface area contributed by atoms with Crippen molar-refractivity contribution >= 4 is 64.3 Å². The third-order valence-electron chi connectivity index (χ3n) is 2.47. The Hall–Kier alpha value is -0.580. The van der Waals surface area contributed by atoms with Gasteiger partial charge in [-0.15, -0.1) is 0 Å². The van der Waals surface area contributed by atoms with Crippen molar-refractivity contribution in [1.82, 2.24) is 4.98 Å². The highest BCUT2D eigenvalue weighted by molar-refractivity contribution is 6.56. The van der Waals surface area contributed by atoms with Gasteiger partial charge in [0.05, 0.1) is 25.1 Å². The molecule has 0 amide bonds. The lowest BCUT2D eigenvalue weighted by Gasteiger charge is -2.13. The number of carbonyl (C=O) groups excluding carboxylic acids is 1. The van der Waals surface area contributed by atoms with Gasteiger partial charge < -0.3 is 0 Å². The van der Waals surface area contributed by atoms with E-state index < -0.39 is 5.95 Å². The fourth-order valence-electron chi connectivity index (χ4n) is 1.54. The topological polar surface area (TPSA) is 30.0 Å². The van der Waals surface area contributed by atoms with Crippen LogP contribution < -0.4 is 0 Å². The Morgan fingerprint density at radius 3 is 1.85 bits per heavy atom. The van der Waals surface area contributed by atoms with Gasteiger partial charge in [0.15, 0.2) is 6.29 Å². The number of hydrogen-bond donors (Lipinski definition) is 0. The molecule has 20 heavy (non-hydrogen) atoms. The normalized spacial score (nSPS) is 10.7. The Labute approximate surface area is 138 Å². The molecule has 0 bridgehead atoms. The predicted octanol–water partition coefficient (Wildman–Crippen LogP) is 5.97. The van der Waals surface area contributed by atoms with Crippen molar-refractivity contribution in [2.24, 2.45) is 0 Å². The van der Waals surface area contributed by atoms with Crippen LogP contribution in [0.3, 0.4) is 0 Å². The van der Waals surface area contributed by atoms with Crippen LogP contribution in [0.5, 0.6) is 0 Å². The van der Waals surface area contributed by atoms with E-state index in [2.05, 4.69) is 4.98 Å². The molecule has 2 rings (SSSR count). The minimum absolute atomic E-state index is 0.0232. The van der Waals surface area contributed by atoms with Gasteiger partial charge in [-0.3, -0.25) is 4.79 Å². The first-order chi connectivity index (χ1) is 9.38. The summed E-state index contributed by atoms with van der Waals surface area (Å²) in [5.74, 6) is -0.923. The molecule has 0 spiro atoms. The van der Waals surface area contributed by atoms with E-state index in [1.165, 1.54) is 12.1 Å². The minimum atomic E-state index is -0.923. The summed E-state index contributed by atoms with van der Waals surface area (Å²) in [6.07, 6.45) is 0.415. The van der Waals surface area contributed by atoms with Crippen molar-refractivity contribution in [3.8, 4) is 11.1 Å². The summed E-state index contributed by atoms with van der Waals surface area (Å²) in [7, 11) is 0. The van der Waals surface area contributed by atoms with E-state index in [0.29, 0.717) is 6.29 Å². The first-order valence-electron chi connectivity index (χ1n) is 5.02. The predicted molar refractivity (Wildman–Crippen MR) is 80.1 cm³/mol. The van der Waals surface area contributed by atoms with Crippen LogP contribution in [0.25, 0.3) is 11.1 Å². The second-order valence-corrected chi connectivity index (χ2v) is 5.53. The maximum atomic E-state index is 13.9. The van der Waals surface area contributed by atoms with E-state index in [-0.39, 0.29) is 41.9 Å². The Balaban J connectivity index is 2.80. The fraction of sp³-hybridized carbons (Fsp3) is 0. The van der Waals surface area contributed by atoms with Crippen LogP contribution in [0, 0.1) is 5.95 Å². The number of hydrogen-bond acceptors (Lipinski definition) is 2. The largest absolute Gasteiger partial charge is 0.296 e. The van der Waals surface area contributed by atoms with Crippen LogP contribution in [-0.2, 0) is 0 Å². The molecule has 0 aliphatic carbocycles. The molecule has 0 atom stereocenters. The summed E-state index contributed by atoms with van der Waals surface area (Å²) >= 11 is 29.7. The lowest BCUT2D eigenvalue weighted by molar-refractivity contribution is 0.111. The van der Waals surface area contributed by atoms with E-state index in [9.17, 15) is 9.18 Å². The standard InChI is InChI=1S/C12H3Cl5FNO/c13-7-6(8(14)10(16)11(17)9(7)15)5-2-1-4(3-20)19-12(5)18/h1-3H. The smallest absolute Gasteiger partial charge is 0.221 e. The van der Waals surface area contributed by atoms with Gasteiger partial charge in [-0.2, -0.15) is 4.39 Å². The number of rotatable bonds is 2. The summed E-state index contributed by atoms with van der Waals surface area (Å²) in [6.45, 7) is 0. The highest BCUT2D eigenvalue weighted by atomic mass is 35.5. The molecule has 0 unspecified atom stereocenters. The number of halogens is 6. The zero-order valence-corrected chi connectivity index (χ0v) is 13.1. The van der Waals surface area contributed by atoms with E-state index >= 15 is 0 Å². The van der Waals surface area contributed by atoms with Crippen LogP contribution in [0.2, 0.25) is 25.1 Å². The van der Waals surface area contributed by atoms with Gasteiger partial charge in [0.1, 0.15) is 5.69 Å². The van der Waals surface area contributed by atoms with Crippen molar-refractivity contribution in [3.05, 3.63) is 48.9 Å². The van der Waals surface area contributed by atoms with Gasteiger partial charge in [0.2, 0.25) is 5.95 Å². The van der Waals surface area contributed by atoms with E-state index in [0.717, 1.165) is 0 Å². The second-order valence-electron chi connectivity index (χ2n) is 3.64. The van der Waals surface area contributed by atoms with Gasteiger partial charge in [0, 0.05) is 11.1 Å². The second kappa shape index (κ2) is 6.04. The number of aromatic nitrogens is 1. The molecule has 0 aliphatic rings. The van der Waals surface area contributed by atoms with Crippen LogP contribution in [-0.4, -0.2) is 11.3 Å². The molecular weight excluding hydrogens is 370 g/mol. The molecule has 104 valence electrons. The monoisotopic (exact) mass is 371 g/mol. The zero-order chi connectivity index (χ0) is 15.0. The van der Waals surface area contributed by atoms with Crippen molar-refractivity contribution in [1.29, 1.82) is 0 Å². The Bertz CT molecular complexity index is 690. The highest BCUT2D eigenvalue weighted by Gasteiger charge is 2.22. The van der Waals surface area contributed by atoms with Crippen LogP contribution >= 0.6 is 58.0 Å². The molecule has 2 aromatic rings. The van der Waals surface area contributed by atoms with Crippen LogP contribution in [0.4, 0.5) is 4.39 Å². The Kier molecular flexibility index (Phi) is 4.77. The van der Waals surface area contributed by atoms with Crippen LogP contribution in [0.15, 0.2) is 12.1 Å². The van der Waals surface area contributed by atoms with Crippen molar-refractivity contribution < 1.29 is 9.18 Å². The molecule has 8 heteroatoms. The number of nitrogens with zero attached hydrogens (tertiary/aromatic N) is 1. The van der Waals surface area contributed by atoms with Crippen LogP contribution in [0.1, 0.15) is 10.5 Å². The van der Waals surface area contributed by atoms with Crippen molar-refractivity contribution in [3.63, 3.8) is 0 Å². The molecule has 1 aromatic carbocycles. The molecule has 0 saturated heterocycles. The molecule has 0 N–H and O–H groups in total. The molecule has 1 heterocycles. The first kappa shape index (κ1) is 15.8. The lowest BCUT2D eigenvalue weighted by atomic mass is 10.1. The molecule has 0 fully saturated rings. The minimum Gasteiger partial charge on any atom is -0.296 e. The summed E-state index contributed by atoms with van der Waals surface area (Å²) < 4.78 is 13.9. The third kappa shape index (κ3) is 2.61. The Morgan fingerprint density at radius 2 is 1.40 bits per heavy atom. The van der Waals surface area contributed by atoms with E-state index in [1.54, 1.807) is 0 Å². The maximum absolute atomic E-state index is 13.9. The quantitative estimate of drug-likeness (QED) is 0.281. The van der Waals surface area contributed by atoms with Gasteiger partial charge in [-0.05, 0) is 12.1 Å². The van der Waals surface area contributed by atoms with E-state index in [4.69, 9.17) is 58.0 Å². The molecule has 1 aromatic heterocycles. The molecule has 0 saturated carbocycles. The number of pyridine rings is 1. The van der Waals surface area contributed by atoms with Gasteiger partial charge >= 0.3 is 0 Å². The highest BCUT2D eigenvalue weighted by Crippen LogP contribution is 2.48. The summed E-state index contributed by atoms with van der Waals surface area (Å²) in [5.41, 5.74) is -0.0362. The average molecular weight is 373 g/mol. The zero-order valence-electron chi connectivity index (χ0n) is 9.36. The molecular formula is C12H3Cl5FNO. The average Bonchev–Trinajstić information content (AvgIpc) is 2.44.